The maximum Gasteiger partial charge on any atom is 0.128 e. The van der Waals surface area contributed by atoms with Crippen molar-refractivity contribution in [3.8, 4) is 0 Å². The Kier molecular flexibility index (Phi) is 4.21. The largest absolute Gasteiger partial charge is 0.370 e. The van der Waals surface area contributed by atoms with E-state index in [4.69, 9.17) is 11.6 Å². The number of hydrogen-bond donors (Lipinski definition) is 0. The Labute approximate surface area is 112 Å². The Balaban J connectivity index is 2.22. The normalized spacial score (nSPS) is 10.4. The quantitative estimate of drug-likeness (QED) is 0.748. The number of anilines is 1. The molecule has 0 amide bonds. The second-order valence-electron chi connectivity index (χ2n) is 4.21. The highest BCUT2D eigenvalue weighted by Crippen LogP contribution is 2.23. The minimum Gasteiger partial charge on any atom is -0.370 e. The third-order valence-electron chi connectivity index (χ3n) is 2.91. The van der Waals surface area contributed by atoms with Crippen molar-refractivity contribution in [1.82, 2.24) is 0 Å². The van der Waals surface area contributed by atoms with Crippen molar-refractivity contribution >= 4 is 17.3 Å². The zero-order chi connectivity index (χ0) is 13.0. The molecule has 0 heterocycles. The third kappa shape index (κ3) is 2.82. The number of rotatable bonds is 4. The molecule has 0 aliphatic carbocycles. The molecule has 0 unspecified atom stereocenters. The summed E-state index contributed by atoms with van der Waals surface area (Å²) in [6.45, 7) is 0.528. The summed E-state index contributed by atoms with van der Waals surface area (Å²) in [5, 5.41) is 0. The number of halogens is 2. The maximum atomic E-state index is 13.6. The van der Waals surface area contributed by atoms with Gasteiger partial charge in [-0.05, 0) is 17.7 Å². The molecule has 18 heavy (non-hydrogen) atoms. The van der Waals surface area contributed by atoms with E-state index in [1.165, 1.54) is 6.07 Å². The second kappa shape index (κ2) is 5.87. The Morgan fingerprint density at radius 1 is 1.00 bits per heavy atom. The molecule has 0 aliphatic heterocycles. The van der Waals surface area contributed by atoms with Gasteiger partial charge in [0, 0.05) is 30.7 Å². The lowest BCUT2D eigenvalue weighted by molar-refractivity contribution is 0.608. The van der Waals surface area contributed by atoms with Gasteiger partial charge in [-0.1, -0.05) is 36.4 Å². The van der Waals surface area contributed by atoms with Gasteiger partial charge in [0.1, 0.15) is 5.82 Å². The fourth-order valence-corrected chi connectivity index (χ4v) is 2.19. The molecule has 94 valence electrons. The average molecular weight is 264 g/mol. The van der Waals surface area contributed by atoms with Crippen LogP contribution in [0.2, 0.25) is 0 Å². The molecule has 0 saturated heterocycles. The lowest BCUT2D eigenvalue weighted by atomic mass is 10.1. The fourth-order valence-electron chi connectivity index (χ4n) is 1.96. The first-order valence-electron chi connectivity index (χ1n) is 5.81. The molecule has 0 aliphatic rings. The van der Waals surface area contributed by atoms with Gasteiger partial charge < -0.3 is 4.90 Å². The van der Waals surface area contributed by atoms with E-state index in [9.17, 15) is 4.39 Å². The molecule has 0 bridgehead atoms. The number of hydrogen-bond acceptors (Lipinski definition) is 1. The fraction of sp³-hybridized carbons (Fsp3) is 0.200. The van der Waals surface area contributed by atoms with Crippen LogP contribution in [-0.4, -0.2) is 7.05 Å². The van der Waals surface area contributed by atoms with Gasteiger partial charge in [-0.3, -0.25) is 0 Å². The minimum atomic E-state index is -0.173. The Morgan fingerprint density at radius 2 is 1.61 bits per heavy atom. The SMILES string of the molecule is CN(Cc1ccccc1F)c1ccccc1CCl. The maximum absolute atomic E-state index is 13.6. The van der Waals surface area contributed by atoms with Crippen molar-refractivity contribution in [2.45, 2.75) is 12.4 Å². The molecule has 0 aromatic heterocycles. The van der Waals surface area contributed by atoms with Crippen LogP contribution in [0, 0.1) is 5.82 Å². The smallest absolute Gasteiger partial charge is 0.128 e. The lowest BCUT2D eigenvalue weighted by Crippen LogP contribution is -2.18. The molecule has 0 saturated carbocycles. The van der Waals surface area contributed by atoms with Crippen LogP contribution in [0.5, 0.6) is 0 Å². The van der Waals surface area contributed by atoms with Gasteiger partial charge in [0.05, 0.1) is 0 Å². The van der Waals surface area contributed by atoms with Crippen LogP contribution in [0.4, 0.5) is 10.1 Å². The van der Waals surface area contributed by atoms with Gasteiger partial charge in [-0.25, -0.2) is 4.39 Å². The summed E-state index contributed by atoms with van der Waals surface area (Å²) in [7, 11) is 1.94. The number of nitrogens with zero attached hydrogens (tertiary/aromatic N) is 1. The molecular formula is C15H15ClFN. The predicted octanol–water partition coefficient (Wildman–Crippen LogP) is 4.20. The van der Waals surface area contributed by atoms with Crippen LogP contribution in [0.1, 0.15) is 11.1 Å². The summed E-state index contributed by atoms with van der Waals surface area (Å²) in [6.07, 6.45) is 0. The van der Waals surface area contributed by atoms with Crippen LogP contribution in [0.25, 0.3) is 0 Å². The van der Waals surface area contributed by atoms with E-state index in [1.54, 1.807) is 12.1 Å². The zero-order valence-corrected chi connectivity index (χ0v) is 11.0. The van der Waals surface area contributed by atoms with Gasteiger partial charge in [-0.15, -0.1) is 11.6 Å². The highest BCUT2D eigenvalue weighted by Gasteiger charge is 2.08. The summed E-state index contributed by atoms with van der Waals surface area (Å²) in [6, 6.07) is 14.7. The average Bonchev–Trinajstić information content (AvgIpc) is 2.41. The van der Waals surface area contributed by atoms with Crippen molar-refractivity contribution in [1.29, 1.82) is 0 Å². The minimum absolute atomic E-state index is 0.173. The second-order valence-corrected chi connectivity index (χ2v) is 4.48. The first-order valence-corrected chi connectivity index (χ1v) is 6.34. The molecular weight excluding hydrogens is 249 g/mol. The number of alkyl halides is 1. The van der Waals surface area contributed by atoms with Crippen LogP contribution in [0.15, 0.2) is 48.5 Å². The molecule has 0 radical (unpaired) electrons. The molecule has 2 aromatic carbocycles. The molecule has 0 N–H and O–H groups in total. The van der Waals surface area contributed by atoms with Crippen molar-refractivity contribution < 1.29 is 4.39 Å². The molecule has 2 rings (SSSR count). The lowest BCUT2D eigenvalue weighted by Gasteiger charge is -2.22. The monoisotopic (exact) mass is 263 g/mol. The summed E-state index contributed by atoms with van der Waals surface area (Å²) in [5.74, 6) is 0.283. The summed E-state index contributed by atoms with van der Waals surface area (Å²) >= 11 is 5.91. The Hall–Kier alpha value is -1.54. The van der Waals surface area contributed by atoms with Gasteiger partial charge in [0.25, 0.3) is 0 Å². The molecule has 0 spiro atoms. The number of para-hydroxylation sites is 1. The molecule has 3 heteroatoms. The number of benzene rings is 2. The highest BCUT2D eigenvalue weighted by atomic mass is 35.5. The molecule has 1 nitrogen and oxygen atoms in total. The van der Waals surface area contributed by atoms with Gasteiger partial charge >= 0.3 is 0 Å². The van der Waals surface area contributed by atoms with Crippen molar-refractivity contribution in [3.63, 3.8) is 0 Å². The van der Waals surface area contributed by atoms with Gasteiger partial charge in [0.15, 0.2) is 0 Å². The van der Waals surface area contributed by atoms with Crippen LogP contribution < -0.4 is 4.90 Å². The van der Waals surface area contributed by atoms with E-state index >= 15 is 0 Å². The van der Waals surface area contributed by atoms with E-state index in [2.05, 4.69) is 0 Å². The first-order chi connectivity index (χ1) is 8.72. The molecule has 2 aromatic rings. The zero-order valence-electron chi connectivity index (χ0n) is 10.2. The molecule has 0 fully saturated rings. The highest BCUT2D eigenvalue weighted by molar-refractivity contribution is 6.17. The Bertz CT molecular complexity index is 527. The first kappa shape index (κ1) is 12.9. The van der Waals surface area contributed by atoms with Crippen molar-refractivity contribution in [2.75, 3.05) is 11.9 Å². The topological polar surface area (TPSA) is 3.24 Å². The summed E-state index contributed by atoms with van der Waals surface area (Å²) in [4.78, 5) is 2.01. The van der Waals surface area contributed by atoms with E-state index in [0.29, 0.717) is 18.0 Å². The van der Waals surface area contributed by atoms with E-state index in [-0.39, 0.29) is 5.82 Å². The van der Waals surface area contributed by atoms with Gasteiger partial charge in [-0.2, -0.15) is 0 Å². The summed E-state index contributed by atoms with van der Waals surface area (Å²) in [5.41, 5.74) is 2.78. The van der Waals surface area contributed by atoms with E-state index in [1.807, 2.05) is 42.3 Å². The van der Waals surface area contributed by atoms with Crippen LogP contribution in [0.3, 0.4) is 0 Å². The van der Waals surface area contributed by atoms with Crippen molar-refractivity contribution in [3.05, 3.63) is 65.5 Å². The molecule has 0 atom stereocenters. The predicted molar refractivity (Wildman–Crippen MR) is 74.5 cm³/mol. The standard InChI is InChI=1S/C15H15ClFN/c1-18(11-13-7-2-4-8-14(13)17)15-9-5-3-6-12(15)10-16/h2-9H,10-11H2,1H3. The Morgan fingerprint density at radius 3 is 2.28 bits per heavy atom. The van der Waals surface area contributed by atoms with Gasteiger partial charge in [0.2, 0.25) is 0 Å². The van der Waals surface area contributed by atoms with E-state index in [0.717, 1.165) is 11.3 Å². The summed E-state index contributed by atoms with van der Waals surface area (Å²) < 4.78 is 13.6. The van der Waals surface area contributed by atoms with Crippen molar-refractivity contribution in [2.24, 2.45) is 0 Å². The third-order valence-corrected chi connectivity index (χ3v) is 3.20. The van der Waals surface area contributed by atoms with Crippen LogP contribution in [-0.2, 0) is 12.4 Å². The van der Waals surface area contributed by atoms with Crippen LogP contribution >= 0.6 is 11.6 Å². The van der Waals surface area contributed by atoms with E-state index < -0.39 is 0 Å².